The molecule has 0 bridgehead atoms. The quantitative estimate of drug-likeness (QED) is 0.565. The molecule has 1 fully saturated rings. The molecule has 54 valence electrons. The first-order valence-electron chi connectivity index (χ1n) is 4.08. The van der Waals surface area contributed by atoms with E-state index in [-0.39, 0.29) is 0 Å². The molecule has 0 aromatic carbocycles. The topological polar surface area (TPSA) is 16.6 Å². The van der Waals surface area contributed by atoms with Gasteiger partial charge >= 0.3 is 0 Å². The van der Waals surface area contributed by atoms with Gasteiger partial charge in [0.05, 0.1) is 13.1 Å². The average molecular weight is 128 g/mol. The molecule has 2 N–H and O–H groups in total. The van der Waals surface area contributed by atoms with Crippen LogP contribution in [0.15, 0.2) is 0 Å². The van der Waals surface area contributed by atoms with Crippen molar-refractivity contribution in [1.82, 2.24) is 0 Å². The Hall–Kier alpha value is -0.0400. The molecule has 9 heavy (non-hydrogen) atoms. The zero-order chi connectivity index (χ0) is 6.74. The molecule has 0 amide bonds. The van der Waals surface area contributed by atoms with E-state index in [1.807, 2.05) is 0 Å². The molecule has 1 heteroatoms. The van der Waals surface area contributed by atoms with Gasteiger partial charge in [-0.2, -0.15) is 0 Å². The fourth-order valence-corrected chi connectivity index (χ4v) is 1.83. The second kappa shape index (κ2) is 2.70. The Kier molecular flexibility index (Phi) is 2.12. The summed E-state index contributed by atoms with van der Waals surface area (Å²) in [6.45, 7) is 7.42. The van der Waals surface area contributed by atoms with E-state index in [1.165, 1.54) is 32.4 Å². The average Bonchev–Trinajstić information content (AvgIpc) is 2.16. The van der Waals surface area contributed by atoms with Gasteiger partial charge < -0.3 is 5.32 Å². The Morgan fingerprint density at radius 3 is 2.78 bits per heavy atom. The van der Waals surface area contributed by atoms with Crippen molar-refractivity contribution in [1.29, 1.82) is 0 Å². The Bertz CT molecular complexity index is 82.6. The lowest BCUT2D eigenvalue weighted by Crippen LogP contribution is -2.81. The number of hydrogen-bond donors (Lipinski definition) is 1. The van der Waals surface area contributed by atoms with Crippen molar-refractivity contribution in [3.63, 3.8) is 0 Å². The maximum Gasteiger partial charge on any atom is 0.0811 e. The lowest BCUT2D eigenvalue weighted by Gasteiger charge is -2.17. The molecule has 0 saturated carbocycles. The molecule has 1 aliphatic rings. The third kappa shape index (κ3) is 1.68. The second-order valence-corrected chi connectivity index (χ2v) is 3.59. The van der Waals surface area contributed by atoms with Crippen molar-refractivity contribution in [2.45, 2.75) is 33.1 Å². The fourth-order valence-electron chi connectivity index (χ4n) is 1.83. The van der Waals surface area contributed by atoms with Gasteiger partial charge in [-0.1, -0.05) is 20.3 Å². The molecule has 1 saturated heterocycles. The van der Waals surface area contributed by atoms with Crippen LogP contribution in [0.4, 0.5) is 0 Å². The fraction of sp³-hybridized carbons (Fsp3) is 1.00. The highest BCUT2D eigenvalue weighted by Gasteiger charge is 2.30. The van der Waals surface area contributed by atoms with E-state index < -0.39 is 0 Å². The Balaban J connectivity index is 2.32. The van der Waals surface area contributed by atoms with E-state index in [9.17, 15) is 0 Å². The van der Waals surface area contributed by atoms with Crippen LogP contribution in [0.1, 0.15) is 33.1 Å². The predicted molar refractivity (Wildman–Crippen MR) is 39.3 cm³/mol. The Morgan fingerprint density at radius 2 is 2.33 bits per heavy atom. The Labute approximate surface area is 57.8 Å². The largest absolute Gasteiger partial charge is 0.346 e. The van der Waals surface area contributed by atoms with Gasteiger partial charge in [-0.05, 0) is 6.42 Å². The maximum absolute atomic E-state index is 2.44. The zero-order valence-electron chi connectivity index (χ0n) is 6.61. The Morgan fingerprint density at radius 1 is 1.56 bits per heavy atom. The molecule has 0 aromatic heterocycles. The van der Waals surface area contributed by atoms with Gasteiger partial charge in [0.25, 0.3) is 0 Å². The molecule has 1 atom stereocenters. The normalized spacial score (nSPS) is 35.3. The summed E-state index contributed by atoms with van der Waals surface area (Å²) in [5.41, 5.74) is 0.689. The number of rotatable bonds is 2. The van der Waals surface area contributed by atoms with Gasteiger partial charge in [-0.25, -0.2) is 0 Å². The molecule has 1 aliphatic heterocycles. The van der Waals surface area contributed by atoms with Crippen LogP contribution in [0, 0.1) is 5.41 Å². The molecule has 0 aromatic rings. The lowest BCUT2D eigenvalue weighted by molar-refractivity contribution is -0.640. The van der Waals surface area contributed by atoms with Gasteiger partial charge in [0.15, 0.2) is 0 Å². The van der Waals surface area contributed by atoms with Crippen molar-refractivity contribution < 1.29 is 5.32 Å². The molecule has 1 heterocycles. The first-order chi connectivity index (χ1) is 4.27. The highest BCUT2D eigenvalue weighted by molar-refractivity contribution is 4.74. The van der Waals surface area contributed by atoms with E-state index in [0.717, 1.165) is 0 Å². The lowest BCUT2D eigenvalue weighted by atomic mass is 9.85. The van der Waals surface area contributed by atoms with Crippen molar-refractivity contribution in [3.05, 3.63) is 0 Å². The minimum absolute atomic E-state index is 0.689. The van der Waals surface area contributed by atoms with Crippen LogP contribution in [-0.4, -0.2) is 13.1 Å². The van der Waals surface area contributed by atoms with Crippen LogP contribution in [0.25, 0.3) is 0 Å². The predicted octanol–water partition coefficient (Wildman–Crippen LogP) is 0.760. The van der Waals surface area contributed by atoms with Gasteiger partial charge in [-0.15, -0.1) is 0 Å². The minimum Gasteiger partial charge on any atom is -0.346 e. The summed E-state index contributed by atoms with van der Waals surface area (Å²) in [7, 11) is 0. The van der Waals surface area contributed by atoms with Crippen molar-refractivity contribution in [2.24, 2.45) is 5.41 Å². The summed E-state index contributed by atoms with van der Waals surface area (Å²) in [4.78, 5) is 0. The van der Waals surface area contributed by atoms with Gasteiger partial charge in [0.1, 0.15) is 0 Å². The summed E-state index contributed by atoms with van der Waals surface area (Å²) in [5, 5.41) is 2.44. The summed E-state index contributed by atoms with van der Waals surface area (Å²) in [5.74, 6) is 0. The molecule has 0 spiro atoms. The number of nitrogens with two attached hydrogens (primary N) is 1. The van der Waals surface area contributed by atoms with Crippen LogP contribution in [0.5, 0.6) is 0 Å². The first-order valence-corrected chi connectivity index (χ1v) is 4.08. The molecule has 0 radical (unpaired) electrons. The summed E-state index contributed by atoms with van der Waals surface area (Å²) in [6.07, 6.45) is 4.20. The van der Waals surface area contributed by atoms with Crippen LogP contribution in [-0.2, 0) is 0 Å². The molecule has 1 unspecified atom stereocenters. The molecular formula is C8H18N+. The molecular weight excluding hydrogens is 110 g/mol. The number of quaternary nitrogens is 1. The van der Waals surface area contributed by atoms with E-state index in [2.05, 4.69) is 19.2 Å². The summed E-state index contributed by atoms with van der Waals surface area (Å²) in [6, 6.07) is 0. The van der Waals surface area contributed by atoms with Crippen LogP contribution in [0.2, 0.25) is 0 Å². The third-order valence-corrected chi connectivity index (χ3v) is 2.44. The first kappa shape index (κ1) is 7.07. The minimum atomic E-state index is 0.689. The standard InChI is InChI=1S/C8H17N/c1-3-4-8(2)5-6-9-7-8/h9H,3-7H2,1-2H3/p+1. The van der Waals surface area contributed by atoms with E-state index in [1.54, 1.807) is 0 Å². The van der Waals surface area contributed by atoms with Crippen molar-refractivity contribution in [3.8, 4) is 0 Å². The second-order valence-electron chi connectivity index (χ2n) is 3.59. The van der Waals surface area contributed by atoms with Crippen molar-refractivity contribution >= 4 is 0 Å². The van der Waals surface area contributed by atoms with E-state index >= 15 is 0 Å². The highest BCUT2D eigenvalue weighted by Crippen LogP contribution is 2.26. The summed E-state index contributed by atoms with van der Waals surface area (Å²) < 4.78 is 0. The molecule has 0 aliphatic carbocycles. The monoisotopic (exact) mass is 128 g/mol. The van der Waals surface area contributed by atoms with E-state index in [4.69, 9.17) is 0 Å². The van der Waals surface area contributed by atoms with Crippen LogP contribution < -0.4 is 5.32 Å². The van der Waals surface area contributed by atoms with E-state index in [0.29, 0.717) is 5.41 Å². The number of hydrogen-bond acceptors (Lipinski definition) is 0. The smallest absolute Gasteiger partial charge is 0.0811 e. The van der Waals surface area contributed by atoms with Gasteiger partial charge in [0.2, 0.25) is 0 Å². The highest BCUT2D eigenvalue weighted by atomic mass is 14.9. The molecule has 1 rings (SSSR count). The molecule has 1 nitrogen and oxygen atoms in total. The van der Waals surface area contributed by atoms with Crippen LogP contribution >= 0.6 is 0 Å². The van der Waals surface area contributed by atoms with Gasteiger partial charge in [-0.3, -0.25) is 0 Å². The SMILES string of the molecule is CCCC1(C)CC[NH2+]C1. The third-order valence-electron chi connectivity index (χ3n) is 2.44. The summed E-state index contributed by atoms with van der Waals surface area (Å²) >= 11 is 0. The zero-order valence-corrected chi connectivity index (χ0v) is 6.61. The van der Waals surface area contributed by atoms with Crippen LogP contribution in [0.3, 0.4) is 0 Å². The maximum atomic E-state index is 2.44. The van der Waals surface area contributed by atoms with Gasteiger partial charge in [0, 0.05) is 11.8 Å². The van der Waals surface area contributed by atoms with Crippen molar-refractivity contribution in [2.75, 3.05) is 13.1 Å².